The van der Waals surface area contributed by atoms with Crippen molar-refractivity contribution in [2.24, 2.45) is 5.41 Å². The van der Waals surface area contributed by atoms with Gasteiger partial charge in [0.2, 0.25) is 0 Å². The Morgan fingerprint density at radius 2 is 1.66 bits per heavy atom. The van der Waals surface area contributed by atoms with Crippen LogP contribution in [-0.4, -0.2) is 53.8 Å². The number of carbonyl (C=O) groups excluding carboxylic acids is 2. The number of ether oxygens (including phenoxy) is 3. The standard InChI is InChI=1S/C33H39N3O5/c1-32(2,3)41-31(38)36-18-13-26-9-10-29(21-27(26)22-36)40-30(37)33(24-39-23-25-7-5-4-6-8-25)14-19-35(20-15-33)28-11-16-34-17-12-28/h4-12,16-17,21H,13-15,18-20,22-24H2,1-3H3. The number of fused-ring (bicyclic) bond motifs is 1. The summed E-state index contributed by atoms with van der Waals surface area (Å²) in [4.78, 5) is 34.6. The lowest BCUT2D eigenvalue weighted by Gasteiger charge is -2.40. The first-order valence-electron chi connectivity index (χ1n) is 14.3. The Bertz CT molecular complexity index is 1330. The number of aromatic nitrogens is 1. The fourth-order valence-corrected chi connectivity index (χ4v) is 5.39. The zero-order valence-corrected chi connectivity index (χ0v) is 24.2. The molecule has 5 rings (SSSR count). The minimum atomic E-state index is -0.767. The highest BCUT2D eigenvalue weighted by molar-refractivity contribution is 5.80. The summed E-state index contributed by atoms with van der Waals surface area (Å²) < 4.78 is 17.8. The number of amides is 1. The number of rotatable bonds is 7. The fourth-order valence-electron chi connectivity index (χ4n) is 5.39. The highest BCUT2D eigenvalue weighted by Gasteiger charge is 2.44. The zero-order valence-electron chi connectivity index (χ0n) is 24.2. The van der Waals surface area contributed by atoms with Crippen LogP contribution in [0.2, 0.25) is 0 Å². The van der Waals surface area contributed by atoms with Crippen molar-refractivity contribution in [3.63, 3.8) is 0 Å². The number of hydrogen-bond acceptors (Lipinski definition) is 7. The molecule has 1 aromatic heterocycles. The monoisotopic (exact) mass is 557 g/mol. The molecule has 0 aliphatic carbocycles. The van der Waals surface area contributed by atoms with Gasteiger partial charge in [0.1, 0.15) is 11.4 Å². The number of pyridine rings is 1. The Morgan fingerprint density at radius 3 is 2.37 bits per heavy atom. The summed E-state index contributed by atoms with van der Waals surface area (Å²) in [6, 6.07) is 19.7. The molecule has 0 spiro atoms. The first-order valence-corrected chi connectivity index (χ1v) is 14.3. The predicted octanol–water partition coefficient (Wildman–Crippen LogP) is 5.78. The third kappa shape index (κ3) is 7.24. The van der Waals surface area contributed by atoms with E-state index >= 15 is 0 Å². The second-order valence-corrected chi connectivity index (χ2v) is 11.9. The van der Waals surface area contributed by atoms with Crippen molar-refractivity contribution in [3.05, 3.63) is 89.7 Å². The molecule has 1 saturated heterocycles. The number of benzene rings is 2. The highest BCUT2D eigenvalue weighted by atomic mass is 16.6. The maximum absolute atomic E-state index is 13.9. The van der Waals surface area contributed by atoms with E-state index < -0.39 is 11.0 Å². The number of esters is 1. The lowest BCUT2D eigenvalue weighted by Crippen LogP contribution is -2.48. The number of piperidine rings is 1. The lowest BCUT2D eigenvalue weighted by atomic mass is 9.79. The average molecular weight is 558 g/mol. The average Bonchev–Trinajstić information content (AvgIpc) is 2.97. The first kappa shape index (κ1) is 28.6. The topological polar surface area (TPSA) is 81.2 Å². The minimum absolute atomic E-state index is 0.278. The predicted molar refractivity (Wildman–Crippen MR) is 157 cm³/mol. The van der Waals surface area contributed by atoms with E-state index in [2.05, 4.69) is 9.88 Å². The van der Waals surface area contributed by atoms with E-state index in [0.717, 1.165) is 28.8 Å². The summed E-state index contributed by atoms with van der Waals surface area (Å²) in [5, 5.41) is 0. The van der Waals surface area contributed by atoms with Crippen LogP contribution in [0, 0.1) is 5.41 Å². The number of hydrogen-bond donors (Lipinski definition) is 0. The van der Waals surface area contributed by atoms with E-state index in [4.69, 9.17) is 14.2 Å². The molecule has 0 unspecified atom stereocenters. The summed E-state index contributed by atoms with van der Waals surface area (Å²) in [6.07, 6.45) is 5.19. The van der Waals surface area contributed by atoms with Crippen molar-refractivity contribution in [1.82, 2.24) is 9.88 Å². The Hall–Kier alpha value is -3.91. The van der Waals surface area contributed by atoms with Crippen LogP contribution >= 0.6 is 0 Å². The number of nitrogens with zero attached hydrogens (tertiary/aromatic N) is 3. The van der Waals surface area contributed by atoms with Crippen molar-refractivity contribution in [2.45, 2.75) is 58.8 Å². The van der Waals surface area contributed by atoms with Crippen LogP contribution in [0.3, 0.4) is 0 Å². The summed E-state index contributed by atoms with van der Waals surface area (Å²) in [7, 11) is 0. The van der Waals surface area contributed by atoms with Gasteiger partial charge < -0.3 is 24.0 Å². The van der Waals surface area contributed by atoms with Gasteiger partial charge in [-0.15, -0.1) is 0 Å². The van der Waals surface area contributed by atoms with Crippen molar-refractivity contribution in [1.29, 1.82) is 0 Å². The Kier molecular flexibility index (Phi) is 8.59. The highest BCUT2D eigenvalue weighted by Crippen LogP contribution is 2.36. The Balaban J connectivity index is 1.29. The number of anilines is 1. The zero-order chi connectivity index (χ0) is 28.9. The van der Waals surface area contributed by atoms with Crippen LogP contribution in [0.4, 0.5) is 10.5 Å². The maximum Gasteiger partial charge on any atom is 0.410 e. The van der Waals surface area contributed by atoms with Crippen LogP contribution in [-0.2, 0) is 33.8 Å². The molecule has 0 saturated carbocycles. The van der Waals surface area contributed by atoms with Gasteiger partial charge in [-0.1, -0.05) is 36.4 Å². The molecule has 3 aromatic rings. The van der Waals surface area contributed by atoms with Crippen molar-refractivity contribution in [3.8, 4) is 5.75 Å². The molecule has 2 aliphatic heterocycles. The lowest BCUT2D eigenvalue weighted by molar-refractivity contribution is -0.152. The van der Waals surface area contributed by atoms with Crippen molar-refractivity contribution >= 4 is 17.7 Å². The maximum atomic E-state index is 13.9. The van der Waals surface area contributed by atoms with Crippen molar-refractivity contribution in [2.75, 3.05) is 31.1 Å². The molecule has 2 aromatic carbocycles. The van der Waals surface area contributed by atoms with Crippen LogP contribution in [0.1, 0.15) is 50.3 Å². The largest absolute Gasteiger partial charge is 0.444 e. The molecule has 8 nitrogen and oxygen atoms in total. The number of carbonyl (C=O) groups is 2. The normalized spacial score (nSPS) is 16.6. The summed E-state index contributed by atoms with van der Waals surface area (Å²) in [5.74, 6) is 0.207. The summed E-state index contributed by atoms with van der Waals surface area (Å²) in [5.41, 5.74) is 2.95. The van der Waals surface area contributed by atoms with Gasteiger partial charge in [-0.3, -0.25) is 9.78 Å². The molecule has 2 aliphatic rings. The van der Waals surface area contributed by atoms with E-state index in [1.807, 2.05) is 81.4 Å². The van der Waals surface area contributed by atoms with Crippen LogP contribution in [0.15, 0.2) is 73.1 Å². The summed E-state index contributed by atoms with van der Waals surface area (Å²) in [6.45, 7) is 8.74. The first-order chi connectivity index (χ1) is 19.7. The van der Waals surface area contributed by atoms with Gasteiger partial charge in [0, 0.05) is 44.3 Å². The van der Waals surface area contributed by atoms with Crippen LogP contribution < -0.4 is 9.64 Å². The summed E-state index contributed by atoms with van der Waals surface area (Å²) >= 11 is 0. The smallest absolute Gasteiger partial charge is 0.410 e. The second-order valence-electron chi connectivity index (χ2n) is 11.9. The van der Waals surface area contributed by atoms with Gasteiger partial charge in [0.05, 0.1) is 18.6 Å². The molecule has 1 amide bonds. The van der Waals surface area contributed by atoms with Gasteiger partial charge in [-0.2, -0.15) is 0 Å². The fraction of sp³-hybridized carbons (Fsp3) is 0.424. The molecule has 3 heterocycles. The van der Waals surface area contributed by atoms with Gasteiger partial charge in [0.25, 0.3) is 0 Å². The third-order valence-electron chi connectivity index (χ3n) is 7.72. The SMILES string of the molecule is CC(C)(C)OC(=O)N1CCc2ccc(OC(=O)C3(COCc4ccccc4)CCN(c4ccncc4)CC3)cc2C1. The minimum Gasteiger partial charge on any atom is -0.444 e. The quantitative estimate of drug-likeness (QED) is 0.269. The van der Waals surface area contributed by atoms with E-state index in [1.165, 1.54) is 0 Å². The molecule has 41 heavy (non-hydrogen) atoms. The van der Waals surface area contributed by atoms with Gasteiger partial charge in [-0.05, 0) is 81.0 Å². The molecular formula is C33H39N3O5. The van der Waals surface area contributed by atoms with Crippen LogP contribution in [0.25, 0.3) is 0 Å². The van der Waals surface area contributed by atoms with E-state index in [0.29, 0.717) is 51.4 Å². The van der Waals surface area contributed by atoms with E-state index in [-0.39, 0.29) is 18.7 Å². The molecule has 0 N–H and O–H groups in total. The molecular weight excluding hydrogens is 518 g/mol. The third-order valence-corrected chi connectivity index (χ3v) is 7.72. The molecule has 0 radical (unpaired) electrons. The van der Waals surface area contributed by atoms with Crippen molar-refractivity contribution < 1.29 is 23.8 Å². The molecule has 0 atom stereocenters. The Morgan fingerprint density at radius 1 is 0.927 bits per heavy atom. The second kappa shape index (κ2) is 12.3. The molecule has 1 fully saturated rings. The van der Waals surface area contributed by atoms with Crippen LogP contribution in [0.5, 0.6) is 5.75 Å². The van der Waals surface area contributed by atoms with E-state index in [9.17, 15) is 9.59 Å². The van der Waals surface area contributed by atoms with Gasteiger partial charge in [-0.25, -0.2) is 4.79 Å². The molecule has 216 valence electrons. The molecule has 0 bridgehead atoms. The molecule has 8 heteroatoms. The van der Waals surface area contributed by atoms with E-state index in [1.54, 1.807) is 17.3 Å². The van der Waals surface area contributed by atoms with Gasteiger partial charge >= 0.3 is 12.1 Å². The van der Waals surface area contributed by atoms with Gasteiger partial charge in [0.15, 0.2) is 0 Å². The Labute approximate surface area is 242 Å².